The van der Waals surface area contributed by atoms with Gasteiger partial charge in [0.2, 0.25) is 5.75 Å². The van der Waals surface area contributed by atoms with Crippen LogP contribution in [0, 0.1) is 0 Å². The number of phenols is 1. The van der Waals surface area contributed by atoms with Crippen LogP contribution in [0.1, 0.15) is 33.9 Å². The van der Waals surface area contributed by atoms with Crippen LogP contribution < -0.4 is 9.47 Å². The Kier molecular flexibility index (Phi) is 12.5. The van der Waals surface area contributed by atoms with Gasteiger partial charge in [0.1, 0.15) is 30.5 Å². The van der Waals surface area contributed by atoms with Gasteiger partial charge >= 0.3 is 0 Å². The van der Waals surface area contributed by atoms with Crippen LogP contribution in [0.15, 0.2) is 133 Å². The van der Waals surface area contributed by atoms with Gasteiger partial charge < -0.3 is 38.3 Å². The van der Waals surface area contributed by atoms with Crippen LogP contribution in [-0.2, 0) is 50.1 Å². The second-order valence-electron chi connectivity index (χ2n) is 12.2. The Morgan fingerprint density at radius 3 is 1.36 bits per heavy atom. The number of hydrogen-bond acceptors (Lipinski definition) is 8. The van der Waals surface area contributed by atoms with Gasteiger partial charge in [0, 0.05) is 0 Å². The Labute approximate surface area is 294 Å². The summed E-state index contributed by atoms with van der Waals surface area (Å²) in [6.07, 6.45) is -3.06. The van der Waals surface area contributed by atoms with E-state index in [0.717, 1.165) is 22.3 Å². The van der Waals surface area contributed by atoms with Crippen LogP contribution in [0.2, 0.25) is 0 Å². The van der Waals surface area contributed by atoms with Crippen molar-refractivity contribution in [3.8, 4) is 17.2 Å². The smallest absolute Gasteiger partial charge is 0.200 e. The van der Waals surface area contributed by atoms with Crippen molar-refractivity contribution in [2.45, 2.75) is 56.9 Å². The van der Waals surface area contributed by atoms with Gasteiger partial charge in [-0.2, -0.15) is 0 Å². The second-order valence-corrected chi connectivity index (χ2v) is 12.2. The molecule has 0 unspecified atom stereocenters. The average Bonchev–Trinajstić information content (AvgIpc) is 3.17. The minimum atomic E-state index is -0.676. The summed E-state index contributed by atoms with van der Waals surface area (Å²) in [5.41, 5.74) is 4.79. The zero-order valence-electron chi connectivity index (χ0n) is 28.4. The number of phenolic OH excluding ortho intramolecular Hbond substituents is 1. The SMILES string of the molecule is COc1cc([C@@H]2O[C@H](COCc3ccccc3)[C@@H](OCc3ccccc3)[C@H](OCc3ccccc3)[C@H]2OCc2ccccc2)cc(OC)c1O. The maximum absolute atomic E-state index is 10.8. The molecule has 1 saturated heterocycles. The normalized spacial score (nSPS) is 20.3. The van der Waals surface area contributed by atoms with Crippen molar-refractivity contribution in [2.24, 2.45) is 0 Å². The van der Waals surface area contributed by atoms with Gasteiger partial charge in [-0.05, 0) is 39.9 Å². The summed E-state index contributed by atoms with van der Waals surface area (Å²) in [5, 5.41) is 10.8. The molecule has 0 amide bonds. The Morgan fingerprint density at radius 2 is 0.920 bits per heavy atom. The van der Waals surface area contributed by atoms with Crippen LogP contribution in [0.25, 0.3) is 0 Å². The lowest BCUT2D eigenvalue weighted by atomic mass is 9.90. The molecule has 1 N–H and O–H groups in total. The molecule has 0 bridgehead atoms. The molecule has 260 valence electrons. The monoisotopic (exact) mass is 676 g/mol. The zero-order valence-corrected chi connectivity index (χ0v) is 28.4. The Bertz CT molecular complexity index is 1690. The van der Waals surface area contributed by atoms with Crippen LogP contribution in [0.4, 0.5) is 0 Å². The lowest BCUT2D eigenvalue weighted by Gasteiger charge is -2.46. The zero-order chi connectivity index (χ0) is 34.5. The molecule has 0 radical (unpaired) electrons. The molecule has 0 aliphatic carbocycles. The van der Waals surface area contributed by atoms with Crippen molar-refractivity contribution in [1.82, 2.24) is 0 Å². The molecule has 0 spiro atoms. The van der Waals surface area contributed by atoms with E-state index in [9.17, 15) is 5.11 Å². The molecule has 50 heavy (non-hydrogen) atoms. The van der Waals surface area contributed by atoms with Gasteiger partial charge in [0.15, 0.2) is 11.5 Å². The topological polar surface area (TPSA) is 84.8 Å². The maximum Gasteiger partial charge on any atom is 0.200 e. The van der Waals surface area contributed by atoms with E-state index < -0.39 is 30.5 Å². The van der Waals surface area contributed by atoms with Crippen LogP contribution in [-0.4, -0.2) is 50.3 Å². The van der Waals surface area contributed by atoms with Gasteiger partial charge in [-0.25, -0.2) is 0 Å². The molecule has 1 aliphatic rings. The molecule has 6 rings (SSSR count). The summed E-state index contributed by atoms with van der Waals surface area (Å²) in [4.78, 5) is 0. The van der Waals surface area contributed by atoms with Gasteiger partial charge in [0.25, 0.3) is 0 Å². The third kappa shape index (κ3) is 9.09. The summed E-state index contributed by atoms with van der Waals surface area (Å²) in [5.74, 6) is 0.414. The molecule has 5 aromatic rings. The van der Waals surface area contributed by atoms with E-state index in [2.05, 4.69) is 0 Å². The van der Waals surface area contributed by atoms with Gasteiger partial charge in [-0.3, -0.25) is 0 Å². The van der Waals surface area contributed by atoms with Crippen molar-refractivity contribution in [1.29, 1.82) is 0 Å². The fourth-order valence-corrected chi connectivity index (χ4v) is 6.14. The average molecular weight is 677 g/mol. The first-order valence-electron chi connectivity index (χ1n) is 16.8. The van der Waals surface area contributed by atoms with Gasteiger partial charge in [0.05, 0.1) is 47.3 Å². The summed E-state index contributed by atoms with van der Waals surface area (Å²) >= 11 is 0. The number of ether oxygens (including phenoxy) is 7. The molecular weight excluding hydrogens is 632 g/mol. The molecule has 8 heteroatoms. The largest absolute Gasteiger partial charge is 0.502 e. The van der Waals surface area contributed by atoms with Gasteiger partial charge in [-0.15, -0.1) is 0 Å². The highest BCUT2D eigenvalue weighted by Crippen LogP contribution is 2.44. The van der Waals surface area contributed by atoms with E-state index in [1.165, 1.54) is 14.2 Å². The third-order valence-corrected chi connectivity index (χ3v) is 8.71. The van der Waals surface area contributed by atoms with Crippen molar-refractivity contribution >= 4 is 0 Å². The standard InChI is InChI=1S/C42H44O8/c1-44-35-23-34(24-36(45-2)38(35)43)39-41(48-27-32-19-11-5-12-20-32)42(49-28-33-21-13-6-14-22-33)40(47-26-31-17-9-4-10-18-31)37(50-39)29-46-25-30-15-7-3-8-16-30/h3-24,37,39-43H,25-29H2,1-2H3/t37-,39+,40-,41+,42+/m1/s1. The van der Waals surface area contributed by atoms with Crippen LogP contribution in [0.3, 0.4) is 0 Å². The van der Waals surface area contributed by atoms with Crippen molar-refractivity contribution in [3.05, 3.63) is 161 Å². The van der Waals surface area contributed by atoms with Crippen molar-refractivity contribution in [2.75, 3.05) is 20.8 Å². The quantitative estimate of drug-likeness (QED) is 0.113. The van der Waals surface area contributed by atoms with Crippen LogP contribution in [0.5, 0.6) is 17.2 Å². The minimum Gasteiger partial charge on any atom is -0.502 e. The molecule has 0 saturated carbocycles. The maximum atomic E-state index is 10.8. The second kappa shape index (κ2) is 17.8. The number of aromatic hydroxyl groups is 1. The molecule has 5 atom stereocenters. The highest BCUT2D eigenvalue weighted by Gasteiger charge is 2.49. The molecule has 0 aromatic heterocycles. The summed E-state index contributed by atoms with van der Waals surface area (Å²) in [7, 11) is 3.01. The van der Waals surface area contributed by atoms with Crippen LogP contribution >= 0.6 is 0 Å². The predicted molar refractivity (Wildman–Crippen MR) is 190 cm³/mol. The van der Waals surface area contributed by atoms with E-state index in [0.29, 0.717) is 32.0 Å². The molecule has 8 nitrogen and oxygen atoms in total. The van der Waals surface area contributed by atoms with Crippen molar-refractivity contribution < 1.29 is 38.3 Å². The molecule has 1 fully saturated rings. The molecular formula is C42H44O8. The fraction of sp³-hybridized carbons (Fsp3) is 0.286. The van der Waals surface area contributed by atoms with E-state index in [4.69, 9.17) is 33.2 Å². The Hall–Kier alpha value is -4.70. The molecule has 1 aliphatic heterocycles. The van der Waals surface area contributed by atoms with Crippen molar-refractivity contribution in [3.63, 3.8) is 0 Å². The number of benzene rings is 5. The lowest BCUT2D eigenvalue weighted by Crippen LogP contribution is -2.58. The summed E-state index contributed by atoms with van der Waals surface area (Å²) in [6.45, 7) is 1.61. The van der Waals surface area contributed by atoms with Gasteiger partial charge in [-0.1, -0.05) is 121 Å². The van der Waals surface area contributed by atoms with E-state index >= 15 is 0 Å². The minimum absolute atomic E-state index is 0.0972. The van der Waals surface area contributed by atoms with E-state index in [1.54, 1.807) is 12.1 Å². The third-order valence-electron chi connectivity index (χ3n) is 8.71. The first-order chi connectivity index (χ1) is 24.6. The highest BCUT2D eigenvalue weighted by molar-refractivity contribution is 5.53. The first kappa shape index (κ1) is 35.1. The summed E-state index contributed by atoms with van der Waals surface area (Å²) in [6, 6.07) is 43.6. The number of hydrogen-bond donors (Lipinski definition) is 1. The number of rotatable bonds is 16. The lowest BCUT2D eigenvalue weighted by molar-refractivity contribution is -0.275. The fourth-order valence-electron chi connectivity index (χ4n) is 6.14. The highest BCUT2D eigenvalue weighted by atomic mass is 16.6. The first-order valence-corrected chi connectivity index (χ1v) is 16.8. The van der Waals surface area contributed by atoms with E-state index in [-0.39, 0.29) is 23.9 Å². The Balaban J connectivity index is 1.39. The molecule has 5 aromatic carbocycles. The Morgan fingerprint density at radius 1 is 0.520 bits per heavy atom. The molecule has 1 heterocycles. The number of methoxy groups -OCH3 is 2. The summed E-state index contributed by atoms with van der Waals surface area (Å²) < 4.78 is 44.8. The van der Waals surface area contributed by atoms with E-state index in [1.807, 2.05) is 121 Å². The predicted octanol–water partition coefficient (Wildman–Crippen LogP) is 7.82.